The van der Waals surface area contributed by atoms with Crippen LogP contribution >= 0.6 is 0 Å². The number of hydrogen-bond donors (Lipinski definition) is 1. The first-order chi connectivity index (χ1) is 7.86. The van der Waals surface area contributed by atoms with Gasteiger partial charge in [0.15, 0.2) is 0 Å². The van der Waals surface area contributed by atoms with Gasteiger partial charge in [-0.1, -0.05) is 0 Å². The van der Waals surface area contributed by atoms with Gasteiger partial charge in [0, 0.05) is 20.6 Å². The molecule has 2 amide bonds. The van der Waals surface area contributed by atoms with Crippen LogP contribution in [0.1, 0.15) is 19.8 Å². The molecule has 1 rings (SSSR count). The number of likely N-dealkylation sites (tertiary alicyclic amines) is 1. The summed E-state index contributed by atoms with van der Waals surface area (Å²) in [5.74, 6) is -2.87. The van der Waals surface area contributed by atoms with E-state index in [0.717, 1.165) is 6.42 Å². The lowest BCUT2D eigenvalue weighted by molar-refractivity contribution is -0.153. The monoisotopic (exact) mass is 242 g/mol. The molecule has 1 heterocycles. The number of amides is 2. The van der Waals surface area contributed by atoms with Gasteiger partial charge < -0.3 is 14.9 Å². The van der Waals surface area contributed by atoms with Crippen molar-refractivity contribution < 1.29 is 19.5 Å². The van der Waals surface area contributed by atoms with Gasteiger partial charge in [-0.25, -0.2) is 0 Å². The first-order valence-corrected chi connectivity index (χ1v) is 5.60. The minimum absolute atomic E-state index is 0.145. The molecule has 1 fully saturated rings. The Morgan fingerprint density at radius 3 is 2.41 bits per heavy atom. The largest absolute Gasteiger partial charge is 0.481 e. The van der Waals surface area contributed by atoms with E-state index in [1.807, 2.05) is 0 Å². The number of nitrogens with zero attached hydrogens (tertiary/aromatic N) is 2. The molecule has 1 saturated heterocycles. The number of carboxylic acids is 1. The lowest BCUT2D eigenvalue weighted by Gasteiger charge is -2.27. The van der Waals surface area contributed by atoms with Crippen LogP contribution in [0.4, 0.5) is 0 Å². The van der Waals surface area contributed by atoms with Crippen LogP contribution in [0.3, 0.4) is 0 Å². The SMILES string of the molecule is CC(C(=O)O)C(=O)N1CCCC1C(=O)N(C)C. The molecule has 0 aromatic heterocycles. The molecule has 2 unspecified atom stereocenters. The predicted octanol–water partition coefficient (Wildman–Crippen LogP) is -0.214. The van der Waals surface area contributed by atoms with Crippen LogP contribution in [-0.2, 0) is 14.4 Å². The minimum Gasteiger partial charge on any atom is -0.481 e. The van der Waals surface area contributed by atoms with Crippen molar-refractivity contribution in [3.8, 4) is 0 Å². The quantitative estimate of drug-likeness (QED) is 0.694. The summed E-state index contributed by atoms with van der Waals surface area (Å²) in [5, 5.41) is 8.80. The first-order valence-electron chi connectivity index (χ1n) is 5.60. The molecule has 0 aliphatic carbocycles. The van der Waals surface area contributed by atoms with Crippen molar-refractivity contribution in [2.75, 3.05) is 20.6 Å². The lowest BCUT2D eigenvalue weighted by atomic mass is 10.1. The molecule has 6 heteroatoms. The van der Waals surface area contributed by atoms with E-state index in [4.69, 9.17) is 5.11 Å². The predicted molar refractivity (Wildman–Crippen MR) is 60.2 cm³/mol. The van der Waals surface area contributed by atoms with E-state index in [2.05, 4.69) is 0 Å². The van der Waals surface area contributed by atoms with Gasteiger partial charge in [0.05, 0.1) is 0 Å². The molecule has 1 N–H and O–H groups in total. The van der Waals surface area contributed by atoms with Crippen LogP contribution < -0.4 is 0 Å². The maximum absolute atomic E-state index is 11.9. The Bertz CT molecular complexity index is 340. The van der Waals surface area contributed by atoms with Gasteiger partial charge in [0.25, 0.3) is 0 Å². The van der Waals surface area contributed by atoms with Crippen molar-refractivity contribution in [2.24, 2.45) is 5.92 Å². The smallest absolute Gasteiger partial charge is 0.315 e. The molecule has 6 nitrogen and oxygen atoms in total. The topological polar surface area (TPSA) is 77.9 Å². The second-order valence-electron chi connectivity index (χ2n) is 4.48. The standard InChI is InChI=1S/C11H18N2O4/c1-7(11(16)17)9(14)13-6-4-5-8(13)10(15)12(2)3/h7-8H,4-6H2,1-3H3,(H,16,17). The molecule has 1 aliphatic rings. The fourth-order valence-electron chi connectivity index (χ4n) is 1.94. The zero-order valence-electron chi connectivity index (χ0n) is 10.3. The second-order valence-corrected chi connectivity index (χ2v) is 4.48. The molecule has 17 heavy (non-hydrogen) atoms. The van der Waals surface area contributed by atoms with Gasteiger partial charge in [-0.3, -0.25) is 14.4 Å². The van der Waals surface area contributed by atoms with E-state index >= 15 is 0 Å². The average molecular weight is 242 g/mol. The van der Waals surface area contributed by atoms with Crippen LogP contribution in [0.25, 0.3) is 0 Å². The third kappa shape index (κ3) is 2.75. The van der Waals surface area contributed by atoms with Crippen LogP contribution in [0.15, 0.2) is 0 Å². The Morgan fingerprint density at radius 1 is 1.35 bits per heavy atom. The van der Waals surface area contributed by atoms with E-state index in [9.17, 15) is 14.4 Å². The number of hydrogen-bond acceptors (Lipinski definition) is 3. The van der Waals surface area contributed by atoms with Gasteiger partial charge in [-0.15, -0.1) is 0 Å². The molecule has 0 aromatic carbocycles. The highest BCUT2D eigenvalue weighted by molar-refractivity contribution is 5.98. The van der Waals surface area contributed by atoms with E-state index in [0.29, 0.717) is 13.0 Å². The Balaban J connectivity index is 2.79. The van der Waals surface area contributed by atoms with Gasteiger partial charge in [-0.05, 0) is 19.8 Å². The average Bonchev–Trinajstić information content (AvgIpc) is 2.74. The lowest BCUT2D eigenvalue weighted by Crippen LogP contribution is -2.48. The summed E-state index contributed by atoms with van der Waals surface area (Å²) < 4.78 is 0. The third-order valence-electron chi connectivity index (χ3n) is 3.00. The van der Waals surface area contributed by atoms with Gasteiger partial charge >= 0.3 is 5.97 Å². The van der Waals surface area contributed by atoms with Crippen molar-refractivity contribution in [1.82, 2.24) is 9.80 Å². The molecule has 0 spiro atoms. The van der Waals surface area contributed by atoms with Gasteiger partial charge in [-0.2, -0.15) is 0 Å². The second kappa shape index (κ2) is 5.16. The van der Waals surface area contributed by atoms with Crippen molar-refractivity contribution in [1.29, 1.82) is 0 Å². The Labute approximate surface area is 100 Å². The van der Waals surface area contributed by atoms with Crippen molar-refractivity contribution in [3.63, 3.8) is 0 Å². The molecule has 0 radical (unpaired) electrons. The first kappa shape index (κ1) is 13.5. The number of carbonyl (C=O) groups excluding carboxylic acids is 2. The van der Waals surface area contributed by atoms with Crippen LogP contribution in [0.2, 0.25) is 0 Å². The zero-order valence-corrected chi connectivity index (χ0v) is 10.3. The normalized spacial score (nSPS) is 21.1. The third-order valence-corrected chi connectivity index (χ3v) is 3.00. The fourth-order valence-corrected chi connectivity index (χ4v) is 1.94. The summed E-state index contributed by atoms with van der Waals surface area (Å²) in [6, 6.07) is -0.501. The van der Waals surface area contributed by atoms with Crippen LogP contribution in [0, 0.1) is 5.92 Å². The number of carboxylic acid groups (broad SMARTS) is 1. The number of rotatable bonds is 3. The molecular formula is C11H18N2O4. The molecule has 1 aliphatic heterocycles. The minimum atomic E-state index is -1.15. The molecule has 2 atom stereocenters. The van der Waals surface area contributed by atoms with Gasteiger partial charge in [0.2, 0.25) is 11.8 Å². The Morgan fingerprint density at radius 2 is 1.94 bits per heavy atom. The maximum Gasteiger partial charge on any atom is 0.315 e. The molecule has 0 aromatic rings. The summed E-state index contributed by atoms with van der Waals surface area (Å²) in [5.41, 5.74) is 0. The Kier molecular flexibility index (Phi) is 4.09. The van der Waals surface area contributed by atoms with Crippen LogP contribution in [0.5, 0.6) is 0 Å². The van der Waals surface area contributed by atoms with Crippen LogP contribution in [-0.4, -0.2) is 59.4 Å². The number of likely N-dealkylation sites (N-methyl/N-ethyl adjacent to an activating group) is 1. The maximum atomic E-state index is 11.9. The summed E-state index contributed by atoms with van der Waals surface area (Å²) in [4.78, 5) is 37.3. The molecule has 96 valence electrons. The highest BCUT2D eigenvalue weighted by atomic mass is 16.4. The number of carbonyl (C=O) groups is 3. The van der Waals surface area contributed by atoms with E-state index in [1.165, 1.54) is 16.7 Å². The highest BCUT2D eigenvalue weighted by Gasteiger charge is 2.38. The summed E-state index contributed by atoms with van der Waals surface area (Å²) in [6.07, 6.45) is 1.34. The highest BCUT2D eigenvalue weighted by Crippen LogP contribution is 2.21. The molecular weight excluding hydrogens is 224 g/mol. The summed E-state index contributed by atoms with van der Waals surface area (Å²) >= 11 is 0. The van der Waals surface area contributed by atoms with Crippen molar-refractivity contribution in [3.05, 3.63) is 0 Å². The van der Waals surface area contributed by atoms with E-state index in [1.54, 1.807) is 14.1 Å². The number of aliphatic carboxylic acids is 1. The van der Waals surface area contributed by atoms with E-state index < -0.39 is 23.8 Å². The van der Waals surface area contributed by atoms with Crippen molar-refractivity contribution in [2.45, 2.75) is 25.8 Å². The van der Waals surface area contributed by atoms with E-state index in [-0.39, 0.29) is 5.91 Å². The Hall–Kier alpha value is -1.59. The summed E-state index contributed by atoms with van der Waals surface area (Å²) in [6.45, 7) is 1.81. The zero-order chi connectivity index (χ0) is 13.2. The van der Waals surface area contributed by atoms with Gasteiger partial charge in [0.1, 0.15) is 12.0 Å². The molecule has 0 saturated carbocycles. The molecule has 0 bridgehead atoms. The fraction of sp³-hybridized carbons (Fsp3) is 0.727. The van der Waals surface area contributed by atoms with Crippen molar-refractivity contribution >= 4 is 17.8 Å². The summed E-state index contributed by atoms with van der Waals surface area (Å²) in [7, 11) is 3.26.